The SMILES string of the molecule is CCCCCSc1nc2ccccc2n1CC(=O)c1c[nH]c(C(=O)N2CCCC2)c1. The number of imidazole rings is 1. The number of likely N-dealkylation sites (tertiary alicyclic amines) is 1. The Kier molecular flexibility index (Phi) is 6.57. The number of para-hydroxylation sites is 2. The highest BCUT2D eigenvalue weighted by atomic mass is 32.2. The Morgan fingerprint density at radius 3 is 2.77 bits per heavy atom. The van der Waals surface area contributed by atoms with E-state index in [9.17, 15) is 9.59 Å². The van der Waals surface area contributed by atoms with Gasteiger partial charge in [0.05, 0.1) is 17.6 Å². The van der Waals surface area contributed by atoms with Gasteiger partial charge in [-0.25, -0.2) is 4.98 Å². The Labute approximate surface area is 181 Å². The minimum absolute atomic E-state index is 0.0215. The standard InChI is InChI=1S/C23H28N4O2S/c1-2-3-8-13-30-23-25-18-9-4-5-10-20(18)27(23)16-21(28)17-14-19(24-15-17)22(29)26-11-6-7-12-26/h4-5,9-10,14-15,24H,2-3,6-8,11-13,16H2,1H3. The fourth-order valence-electron chi connectivity index (χ4n) is 3.84. The van der Waals surface area contributed by atoms with Gasteiger partial charge >= 0.3 is 0 Å². The Hall–Kier alpha value is -2.54. The Bertz CT molecular complexity index is 1030. The molecular formula is C23H28N4O2S. The van der Waals surface area contributed by atoms with Crippen molar-refractivity contribution in [2.24, 2.45) is 0 Å². The number of hydrogen-bond donors (Lipinski definition) is 1. The molecule has 3 aromatic rings. The van der Waals surface area contributed by atoms with Crippen molar-refractivity contribution in [2.75, 3.05) is 18.8 Å². The Morgan fingerprint density at radius 2 is 1.97 bits per heavy atom. The molecule has 1 fully saturated rings. The van der Waals surface area contributed by atoms with E-state index in [1.807, 2.05) is 33.7 Å². The molecule has 0 atom stereocenters. The Morgan fingerprint density at radius 1 is 1.17 bits per heavy atom. The van der Waals surface area contributed by atoms with Crippen LogP contribution in [0.1, 0.15) is 59.9 Å². The topological polar surface area (TPSA) is 71.0 Å². The van der Waals surface area contributed by atoms with Gasteiger partial charge in [-0.2, -0.15) is 0 Å². The number of aromatic amines is 1. The van der Waals surface area contributed by atoms with Crippen LogP contribution in [0.3, 0.4) is 0 Å². The monoisotopic (exact) mass is 424 g/mol. The molecule has 1 amide bonds. The van der Waals surface area contributed by atoms with Gasteiger partial charge in [-0.1, -0.05) is 43.7 Å². The number of nitrogens with one attached hydrogen (secondary N) is 1. The van der Waals surface area contributed by atoms with Crippen molar-refractivity contribution in [2.45, 2.75) is 50.7 Å². The smallest absolute Gasteiger partial charge is 0.270 e. The normalized spacial score (nSPS) is 14.0. The van der Waals surface area contributed by atoms with Crippen molar-refractivity contribution in [3.63, 3.8) is 0 Å². The number of Topliss-reactive ketones (excluding diaryl/α,β-unsaturated/α-hetero) is 1. The first kappa shape index (κ1) is 20.7. The van der Waals surface area contributed by atoms with Gasteiger partial charge in [0.15, 0.2) is 10.9 Å². The molecule has 2 aromatic heterocycles. The highest BCUT2D eigenvalue weighted by Gasteiger charge is 2.22. The number of benzene rings is 1. The fourth-order valence-corrected chi connectivity index (χ4v) is 4.85. The van der Waals surface area contributed by atoms with Crippen LogP contribution in [0, 0.1) is 0 Å². The van der Waals surface area contributed by atoms with Crippen LogP contribution < -0.4 is 0 Å². The molecule has 0 radical (unpaired) electrons. The summed E-state index contributed by atoms with van der Waals surface area (Å²) in [5.41, 5.74) is 2.90. The zero-order valence-corrected chi connectivity index (χ0v) is 18.2. The molecule has 158 valence electrons. The summed E-state index contributed by atoms with van der Waals surface area (Å²) in [6.07, 6.45) is 7.26. The zero-order valence-electron chi connectivity index (χ0n) is 17.4. The molecule has 6 nitrogen and oxygen atoms in total. The number of hydrogen-bond acceptors (Lipinski definition) is 4. The third-order valence-corrected chi connectivity index (χ3v) is 6.59. The van der Waals surface area contributed by atoms with Crippen molar-refractivity contribution in [1.82, 2.24) is 19.4 Å². The number of H-pyrrole nitrogens is 1. The van der Waals surface area contributed by atoms with Crippen LogP contribution in [-0.2, 0) is 6.54 Å². The van der Waals surface area contributed by atoms with Gasteiger partial charge in [-0.15, -0.1) is 0 Å². The van der Waals surface area contributed by atoms with Gasteiger partial charge < -0.3 is 14.5 Å². The molecule has 0 saturated carbocycles. The number of carbonyl (C=O) groups excluding carboxylic acids is 2. The molecule has 0 aliphatic carbocycles. The summed E-state index contributed by atoms with van der Waals surface area (Å²) in [6.45, 7) is 3.99. The first-order chi connectivity index (χ1) is 14.7. The number of thioether (sulfide) groups is 1. The average Bonchev–Trinajstić information content (AvgIpc) is 3.51. The summed E-state index contributed by atoms with van der Waals surface area (Å²) in [4.78, 5) is 35.2. The highest BCUT2D eigenvalue weighted by molar-refractivity contribution is 7.99. The van der Waals surface area contributed by atoms with E-state index in [2.05, 4.69) is 11.9 Å². The third kappa shape index (κ3) is 4.46. The van der Waals surface area contributed by atoms with Gasteiger partial charge in [0.2, 0.25) is 0 Å². The molecule has 1 N–H and O–H groups in total. The number of fused-ring (bicyclic) bond motifs is 1. The van der Waals surface area contributed by atoms with Crippen LogP contribution in [0.4, 0.5) is 0 Å². The van der Waals surface area contributed by atoms with E-state index in [4.69, 9.17) is 4.98 Å². The molecule has 0 unspecified atom stereocenters. The lowest BCUT2D eigenvalue weighted by atomic mass is 10.2. The van der Waals surface area contributed by atoms with Gasteiger partial charge in [0.1, 0.15) is 5.69 Å². The lowest BCUT2D eigenvalue weighted by Crippen LogP contribution is -2.27. The Balaban J connectivity index is 1.51. The van der Waals surface area contributed by atoms with Crippen LogP contribution in [0.15, 0.2) is 41.7 Å². The summed E-state index contributed by atoms with van der Waals surface area (Å²) >= 11 is 1.71. The largest absolute Gasteiger partial charge is 0.356 e. The van der Waals surface area contributed by atoms with Crippen molar-refractivity contribution >= 4 is 34.5 Å². The van der Waals surface area contributed by atoms with Gasteiger partial charge in [0.25, 0.3) is 5.91 Å². The minimum atomic E-state index is -0.0229. The first-order valence-electron chi connectivity index (χ1n) is 10.8. The number of nitrogens with zero attached hydrogens (tertiary/aromatic N) is 3. The average molecular weight is 425 g/mol. The number of carbonyl (C=O) groups is 2. The molecular weight excluding hydrogens is 396 g/mol. The maximum absolute atomic E-state index is 13.0. The molecule has 4 rings (SSSR count). The van der Waals surface area contributed by atoms with Crippen molar-refractivity contribution in [3.8, 4) is 0 Å². The van der Waals surface area contributed by atoms with Gasteiger partial charge in [-0.05, 0) is 37.5 Å². The predicted molar refractivity (Wildman–Crippen MR) is 120 cm³/mol. The number of unbranched alkanes of at least 4 members (excludes halogenated alkanes) is 2. The van der Waals surface area contributed by atoms with Crippen molar-refractivity contribution in [3.05, 3.63) is 47.8 Å². The molecule has 1 saturated heterocycles. The lowest BCUT2D eigenvalue weighted by Gasteiger charge is -2.13. The highest BCUT2D eigenvalue weighted by Crippen LogP contribution is 2.26. The molecule has 1 aliphatic heterocycles. The van der Waals surface area contributed by atoms with E-state index in [0.29, 0.717) is 11.3 Å². The molecule has 1 aromatic carbocycles. The quantitative estimate of drug-likeness (QED) is 0.305. The maximum Gasteiger partial charge on any atom is 0.270 e. The second kappa shape index (κ2) is 9.51. The number of aromatic nitrogens is 3. The summed E-state index contributed by atoms with van der Waals surface area (Å²) in [5, 5.41) is 0.879. The van der Waals surface area contributed by atoms with Crippen LogP contribution in [0.2, 0.25) is 0 Å². The predicted octanol–water partition coefficient (Wildman–Crippen LogP) is 4.77. The van der Waals surface area contributed by atoms with Crippen LogP contribution in [0.25, 0.3) is 11.0 Å². The summed E-state index contributed by atoms with van der Waals surface area (Å²) in [5.74, 6) is 0.946. The van der Waals surface area contributed by atoms with E-state index >= 15 is 0 Å². The van der Waals surface area contributed by atoms with Crippen LogP contribution >= 0.6 is 11.8 Å². The first-order valence-corrected chi connectivity index (χ1v) is 11.7. The molecule has 0 bridgehead atoms. The second-order valence-corrected chi connectivity index (χ2v) is 8.81. The van der Waals surface area contributed by atoms with Crippen molar-refractivity contribution in [1.29, 1.82) is 0 Å². The number of amides is 1. The third-order valence-electron chi connectivity index (χ3n) is 5.53. The summed E-state index contributed by atoms with van der Waals surface area (Å²) in [7, 11) is 0. The number of rotatable bonds is 9. The minimum Gasteiger partial charge on any atom is -0.356 e. The summed E-state index contributed by atoms with van der Waals surface area (Å²) < 4.78 is 2.00. The van der Waals surface area contributed by atoms with Crippen molar-refractivity contribution < 1.29 is 9.59 Å². The number of ketones is 1. The van der Waals surface area contributed by atoms with E-state index < -0.39 is 0 Å². The molecule has 30 heavy (non-hydrogen) atoms. The molecule has 7 heteroatoms. The molecule has 0 spiro atoms. The van der Waals surface area contributed by atoms with E-state index in [1.165, 1.54) is 12.8 Å². The van der Waals surface area contributed by atoms with E-state index in [1.54, 1.807) is 24.0 Å². The van der Waals surface area contributed by atoms with E-state index in [-0.39, 0.29) is 18.2 Å². The van der Waals surface area contributed by atoms with Crippen LogP contribution in [0.5, 0.6) is 0 Å². The maximum atomic E-state index is 13.0. The van der Waals surface area contributed by atoms with Crippen LogP contribution in [-0.4, -0.2) is 50.0 Å². The fraction of sp³-hybridized carbons (Fsp3) is 0.435. The van der Waals surface area contributed by atoms with Gasteiger partial charge in [0, 0.05) is 30.6 Å². The van der Waals surface area contributed by atoms with Gasteiger partial charge in [-0.3, -0.25) is 9.59 Å². The van der Waals surface area contributed by atoms with E-state index in [0.717, 1.165) is 54.3 Å². The summed E-state index contributed by atoms with van der Waals surface area (Å²) in [6, 6.07) is 9.62. The molecule has 1 aliphatic rings. The second-order valence-electron chi connectivity index (χ2n) is 7.75. The molecule has 3 heterocycles. The lowest BCUT2D eigenvalue weighted by molar-refractivity contribution is 0.0787. The zero-order chi connectivity index (χ0) is 20.9.